The van der Waals surface area contributed by atoms with Crippen molar-refractivity contribution in [3.8, 4) is 0 Å². The van der Waals surface area contributed by atoms with Crippen LogP contribution in [0.3, 0.4) is 0 Å². The first-order valence-electron chi connectivity index (χ1n) is 4.66. The van der Waals surface area contributed by atoms with Crippen LogP contribution >= 0.6 is 11.3 Å². The summed E-state index contributed by atoms with van der Waals surface area (Å²) in [6.07, 6.45) is 0. The van der Waals surface area contributed by atoms with Crippen molar-refractivity contribution in [2.75, 3.05) is 0 Å². The molecule has 16 heavy (non-hydrogen) atoms. The van der Waals surface area contributed by atoms with Gasteiger partial charge in [0.15, 0.2) is 0 Å². The van der Waals surface area contributed by atoms with Crippen molar-refractivity contribution in [3.63, 3.8) is 0 Å². The number of nitrogens with zero attached hydrogens (tertiary/aromatic N) is 1. The predicted molar refractivity (Wildman–Crippen MR) is 65.6 cm³/mol. The average Bonchev–Trinajstić information content (AvgIpc) is 2.78. The third-order valence-corrected chi connectivity index (χ3v) is 3.20. The van der Waals surface area contributed by atoms with Gasteiger partial charge in [-0.1, -0.05) is 36.9 Å². The van der Waals surface area contributed by atoms with Crippen LogP contribution in [0.15, 0.2) is 48.4 Å². The molecule has 3 nitrogen and oxygen atoms in total. The molecule has 0 unspecified atom stereocenters. The standard InChI is InChI=1S/C12H9NO2S/c1-9(10-5-3-2-4-6-10)12-11(13(14)15)7-8-16-12/h2-8H,1H2. The first-order valence-corrected chi connectivity index (χ1v) is 5.54. The van der Waals surface area contributed by atoms with E-state index in [1.165, 1.54) is 17.4 Å². The summed E-state index contributed by atoms with van der Waals surface area (Å²) >= 11 is 1.34. The molecule has 0 N–H and O–H groups in total. The normalized spacial score (nSPS) is 10.0. The molecule has 1 aromatic carbocycles. The highest BCUT2D eigenvalue weighted by Crippen LogP contribution is 2.33. The Morgan fingerprint density at radius 1 is 1.25 bits per heavy atom. The van der Waals surface area contributed by atoms with Crippen LogP contribution in [0, 0.1) is 10.1 Å². The Balaban J connectivity index is 2.42. The zero-order valence-corrected chi connectivity index (χ0v) is 9.24. The molecule has 1 aromatic heterocycles. The molecule has 0 radical (unpaired) electrons. The summed E-state index contributed by atoms with van der Waals surface area (Å²) in [6, 6.07) is 11.0. The molecule has 2 rings (SSSR count). The minimum atomic E-state index is -0.375. The number of nitro groups is 1. The van der Waals surface area contributed by atoms with Crippen LogP contribution in [-0.2, 0) is 0 Å². The van der Waals surface area contributed by atoms with E-state index in [0.717, 1.165) is 5.56 Å². The Bertz CT molecular complexity index is 531. The van der Waals surface area contributed by atoms with Crippen molar-refractivity contribution in [2.24, 2.45) is 0 Å². The van der Waals surface area contributed by atoms with Crippen LogP contribution in [-0.4, -0.2) is 4.92 Å². The molecule has 0 aliphatic heterocycles. The molecular weight excluding hydrogens is 222 g/mol. The van der Waals surface area contributed by atoms with E-state index in [9.17, 15) is 10.1 Å². The van der Waals surface area contributed by atoms with Gasteiger partial charge in [0.25, 0.3) is 5.69 Å². The fourth-order valence-electron chi connectivity index (χ4n) is 1.44. The Labute approximate surface area is 96.8 Å². The lowest BCUT2D eigenvalue weighted by Gasteiger charge is -2.02. The van der Waals surface area contributed by atoms with Crippen molar-refractivity contribution in [3.05, 3.63) is 68.9 Å². The molecule has 0 bridgehead atoms. The zero-order valence-electron chi connectivity index (χ0n) is 8.42. The van der Waals surface area contributed by atoms with Crippen LogP contribution in [0.4, 0.5) is 5.69 Å². The molecule has 4 heteroatoms. The SMILES string of the molecule is C=C(c1ccccc1)c1sccc1[N+](=O)[O-]. The van der Waals surface area contributed by atoms with Gasteiger partial charge in [-0.3, -0.25) is 10.1 Å². The van der Waals surface area contributed by atoms with Crippen LogP contribution in [0.5, 0.6) is 0 Å². The molecule has 80 valence electrons. The smallest absolute Gasteiger partial charge is 0.258 e. The fraction of sp³-hybridized carbons (Fsp3) is 0. The lowest BCUT2D eigenvalue weighted by Crippen LogP contribution is -1.90. The van der Waals surface area contributed by atoms with Gasteiger partial charge >= 0.3 is 0 Å². The maximum Gasteiger partial charge on any atom is 0.287 e. The minimum Gasteiger partial charge on any atom is -0.258 e. The van der Waals surface area contributed by atoms with Gasteiger partial charge in [0.1, 0.15) is 4.88 Å². The summed E-state index contributed by atoms with van der Waals surface area (Å²) in [6.45, 7) is 3.92. The van der Waals surface area contributed by atoms with E-state index in [-0.39, 0.29) is 10.6 Å². The predicted octanol–water partition coefficient (Wildman–Crippen LogP) is 3.72. The van der Waals surface area contributed by atoms with Crippen molar-refractivity contribution in [1.29, 1.82) is 0 Å². The van der Waals surface area contributed by atoms with E-state index in [0.29, 0.717) is 10.5 Å². The number of hydrogen-bond acceptors (Lipinski definition) is 3. The summed E-state index contributed by atoms with van der Waals surface area (Å²) < 4.78 is 0. The third-order valence-electron chi connectivity index (χ3n) is 2.24. The second kappa shape index (κ2) is 4.28. The summed E-state index contributed by atoms with van der Waals surface area (Å²) in [7, 11) is 0. The maximum absolute atomic E-state index is 10.8. The van der Waals surface area contributed by atoms with E-state index in [2.05, 4.69) is 6.58 Å². The van der Waals surface area contributed by atoms with Gasteiger partial charge in [0, 0.05) is 6.07 Å². The second-order valence-corrected chi connectivity index (χ2v) is 4.15. The Morgan fingerprint density at radius 2 is 1.94 bits per heavy atom. The fourth-order valence-corrected chi connectivity index (χ4v) is 2.30. The molecule has 0 aliphatic rings. The van der Waals surface area contributed by atoms with E-state index in [4.69, 9.17) is 0 Å². The van der Waals surface area contributed by atoms with Gasteiger partial charge in [0.05, 0.1) is 4.92 Å². The summed E-state index contributed by atoms with van der Waals surface area (Å²) in [4.78, 5) is 11.0. The summed E-state index contributed by atoms with van der Waals surface area (Å²) in [5.41, 5.74) is 1.73. The van der Waals surface area contributed by atoms with E-state index >= 15 is 0 Å². The highest BCUT2D eigenvalue weighted by molar-refractivity contribution is 7.11. The van der Waals surface area contributed by atoms with Gasteiger partial charge < -0.3 is 0 Å². The highest BCUT2D eigenvalue weighted by atomic mass is 32.1. The average molecular weight is 231 g/mol. The second-order valence-electron chi connectivity index (χ2n) is 3.24. The minimum absolute atomic E-state index is 0.124. The third kappa shape index (κ3) is 1.87. The quantitative estimate of drug-likeness (QED) is 0.596. The number of thiophene rings is 1. The molecule has 0 fully saturated rings. The van der Waals surface area contributed by atoms with Gasteiger partial charge in [-0.05, 0) is 16.5 Å². The molecule has 1 heterocycles. The van der Waals surface area contributed by atoms with Crippen LogP contribution in [0.2, 0.25) is 0 Å². The van der Waals surface area contributed by atoms with Crippen LogP contribution in [0.1, 0.15) is 10.4 Å². The summed E-state index contributed by atoms with van der Waals surface area (Å²) in [5, 5.41) is 12.5. The lowest BCUT2D eigenvalue weighted by molar-refractivity contribution is -0.384. The highest BCUT2D eigenvalue weighted by Gasteiger charge is 2.18. The van der Waals surface area contributed by atoms with Gasteiger partial charge in [-0.15, -0.1) is 11.3 Å². The number of benzene rings is 1. The van der Waals surface area contributed by atoms with Crippen molar-refractivity contribution in [2.45, 2.75) is 0 Å². The number of hydrogen-bond donors (Lipinski definition) is 0. The molecule has 0 spiro atoms. The van der Waals surface area contributed by atoms with Gasteiger partial charge in [0.2, 0.25) is 0 Å². The van der Waals surface area contributed by atoms with E-state index in [1.807, 2.05) is 30.3 Å². The summed E-state index contributed by atoms with van der Waals surface area (Å²) in [5.74, 6) is 0. The van der Waals surface area contributed by atoms with Crippen molar-refractivity contribution < 1.29 is 4.92 Å². The Hall–Kier alpha value is -1.94. The molecule has 0 saturated heterocycles. The molecular formula is C12H9NO2S. The largest absolute Gasteiger partial charge is 0.287 e. The van der Waals surface area contributed by atoms with Crippen LogP contribution < -0.4 is 0 Å². The molecule has 0 atom stereocenters. The molecule has 0 amide bonds. The maximum atomic E-state index is 10.8. The topological polar surface area (TPSA) is 43.1 Å². The Kier molecular flexibility index (Phi) is 2.83. The lowest BCUT2D eigenvalue weighted by atomic mass is 10.1. The first kappa shape index (κ1) is 10.6. The molecule has 0 aliphatic carbocycles. The first-order chi connectivity index (χ1) is 7.70. The monoisotopic (exact) mass is 231 g/mol. The number of rotatable bonds is 3. The van der Waals surface area contributed by atoms with E-state index in [1.54, 1.807) is 5.38 Å². The van der Waals surface area contributed by atoms with Crippen LogP contribution in [0.25, 0.3) is 5.57 Å². The van der Waals surface area contributed by atoms with Gasteiger partial charge in [-0.2, -0.15) is 0 Å². The Morgan fingerprint density at radius 3 is 2.56 bits per heavy atom. The van der Waals surface area contributed by atoms with Gasteiger partial charge in [-0.25, -0.2) is 0 Å². The zero-order chi connectivity index (χ0) is 11.5. The molecule has 2 aromatic rings. The molecule has 0 saturated carbocycles. The van der Waals surface area contributed by atoms with Crippen molar-refractivity contribution >= 4 is 22.6 Å². The van der Waals surface area contributed by atoms with Crippen molar-refractivity contribution in [1.82, 2.24) is 0 Å². The van der Waals surface area contributed by atoms with E-state index < -0.39 is 0 Å².